The van der Waals surface area contributed by atoms with Crippen LogP contribution in [0.15, 0.2) is 54.0 Å². The Morgan fingerprint density at radius 3 is 2.05 bits per heavy atom. The Morgan fingerprint density at radius 2 is 1.54 bits per heavy atom. The highest BCUT2D eigenvalue weighted by molar-refractivity contribution is 5.76. The molecule has 3 rings (SSSR count). The number of nitrogens with one attached hydrogen (secondary N) is 2. The van der Waals surface area contributed by atoms with Gasteiger partial charge in [0.2, 0.25) is 0 Å². The minimum absolute atomic E-state index is 0.0418. The van der Waals surface area contributed by atoms with Crippen LogP contribution in [0.25, 0.3) is 16.8 Å². The van der Waals surface area contributed by atoms with Crippen molar-refractivity contribution in [2.75, 3.05) is 14.2 Å². The van der Waals surface area contributed by atoms with Crippen molar-refractivity contribution in [1.29, 1.82) is 0 Å². The van der Waals surface area contributed by atoms with E-state index in [0.717, 1.165) is 12.8 Å². The maximum absolute atomic E-state index is 15.1. The highest BCUT2D eigenvalue weighted by atomic mass is 19.1. The third kappa shape index (κ3) is 7.79. The van der Waals surface area contributed by atoms with Crippen LogP contribution in [-0.4, -0.2) is 31.3 Å². The summed E-state index contributed by atoms with van der Waals surface area (Å²) in [5, 5.41) is 6.99. The Bertz CT molecular complexity index is 1110. The molecule has 0 radical (unpaired) electrons. The van der Waals surface area contributed by atoms with Gasteiger partial charge in [0.15, 0.2) is 0 Å². The summed E-state index contributed by atoms with van der Waals surface area (Å²) < 4.78 is 25.8. The molecule has 0 atom stereocenters. The first-order valence-corrected chi connectivity index (χ1v) is 12.6. The van der Waals surface area contributed by atoms with E-state index in [2.05, 4.69) is 38.3 Å². The maximum atomic E-state index is 15.1. The molecule has 0 aliphatic carbocycles. The Kier molecular flexibility index (Phi) is 9.87. The van der Waals surface area contributed by atoms with Crippen molar-refractivity contribution >= 4 is 5.70 Å². The molecule has 1 fully saturated rings. The Labute approximate surface area is 221 Å². The molecule has 0 saturated carbocycles. The standard InChI is InChI=1S/C27H38FN5O2.C2H6/c1-26(2)14-17(15-27(3,4)33-26)32-25(31)23(30)13-22(29)20-11-21(28)19(12-24(20)35-6)16-7-9-18(34-5)10-8-16;1-2/h7-13,17,32-33H,14-15,29-31H2,1-6H3;1-2H3/b22-13-,25-23-;. The van der Waals surface area contributed by atoms with Gasteiger partial charge >= 0.3 is 0 Å². The summed E-state index contributed by atoms with van der Waals surface area (Å²) in [5.41, 5.74) is 20.8. The topological polar surface area (TPSA) is 121 Å². The number of methoxy groups -OCH3 is 2. The minimum Gasteiger partial charge on any atom is -0.497 e. The van der Waals surface area contributed by atoms with Crippen molar-refractivity contribution in [3.63, 3.8) is 0 Å². The van der Waals surface area contributed by atoms with Gasteiger partial charge in [-0.2, -0.15) is 0 Å². The molecule has 2 aromatic rings. The van der Waals surface area contributed by atoms with E-state index < -0.39 is 5.82 Å². The SMILES string of the molecule is CC.COc1ccc(-c2cc(OC)c(/C(N)=C/C(N)=C(\N)NC3CC(C)(C)NC(C)(C)C3)cc2F)cc1. The van der Waals surface area contributed by atoms with Crippen LogP contribution in [0.5, 0.6) is 11.5 Å². The summed E-state index contributed by atoms with van der Waals surface area (Å²) in [5.74, 6) is 1.01. The van der Waals surface area contributed by atoms with Gasteiger partial charge in [-0.05, 0) is 76.4 Å². The highest BCUT2D eigenvalue weighted by Gasteiger charge is 2.37. The van der Waals surface area contributed by atoms with E-state index >= 15 is 4.39 Å². The number of hydrogen-bond donors (Lipinski definition) is 5. The molecular formula is C29H44FN5O2. The molecule has 2 aromatic carbocycles. The van der Waals surface area contributed by atoms with Crippen LogP contribution >= 0.6 is 0 Å². The zero-order chi connectivity index (χ0) is 28.0. The second-order valence-electron chi connectivity index (χ2n) is 10.4. The Balaban J connectivity index is 0.00000235. The van der Waals surface area contributed by atoms with Gasteiger partial charge in [0.05, 0.1) is 19.9 Å². The van der Waals surface area contributed by atoms with Gasteiger partial charge < -0.3 is 37.3 Å². The van der Waals surface area contributed by atoms with Crippen LogP contribution in [0, 0.1) is 5.82 Å². The first-order chi connectivity index (χ1) is 17.3. The molecule has 8 heteroatoms. The molecule has 1 aliphatic heterocycles. The van der Waals surface area contributed by atoms with E-state index in [1.54, 1.807) is 37.4 Å². The molecule has 37 heavy (non-hydrogen) atoms. The number of hydrogen-bond acceptors (Lipinski definition) is 7. The molecule has 0 amide bonds. The summed E-state index contributed by atoms with van der Waals surface area (Å²) in [6.45, 7) is 12.7. The van der Waals surface area contributed by atoms with E-state index in [0.29, 0.717) is 34.0 Å². The lowest BCUT2D eigenvalue weighted by atomic mass is 9.79. The highest BCUT2D eigenvalue weighted by Crippen LogP contribution is 2.34. The van der Waals surface area contributed by atoms with E-state index in [9.17, 15) is 0 Å². The molecule has 7 nitrogen and oxygen atoms in total. The van der Waals surface area contributed by atoms with E-state index in [1.165, 1.54) is 19.3 Å². The summed E-state index contributed by atoms with van der Waals surface area (Å²) in [4.78, 5) is 0. The summed E-state index contributed by atoms with van der Waals surface area (Å²) in [6.07, 6.45) is 3.30. The third-order valence-corrected chi connectivity index (χ3v) is 6.17. The number of allylic oxidation sites excluding steroid dienone is 1. The number of piperidine rings is 1. The fourth-order valence-corrected chi connectivity index (χ4v) is 4.99. The zero-order valence-corrected chi connectivity index (χ0v) is 23.5. The van der Waals surface area contributed by atoms with Crippen LogP contribution in [0.4, 0.5) is 4.39 Å². The normalized spacial score (nSPS) is 17.7. The smallest absolute Gasteiger partial charge is 0.131 e. The molecule has 0 bridgehead atoms. The number of rotatable bonds is 7. The largest absolute Gasteiger partial charge is 0.497 e. The van der Waals surface area contributed by atoms with Crippen molar-refractivity contribution in [2.24, 2.45) is 17.2 Å². The van der Waals surface area contributed by atoms with E-state index in [-0.39, 0.29) is 28.5 Å². The van der Waals surface area contributed by atoms with Gasteiger partial charge in [0.1, 0.15) is 23.1 Å². The summed E-state index contributed by atoms with van der Waals surface area (Å²) >= 11 is 0. The minimum atomic E-state index is -0.435. The molecule has 1 saturated heterocycles. The van der Waals surface area contributed by atoms with E-state index in [4.69, 9.17) is 26.7 Å². The quantitative estimate of drug-likeness (QED) is 0.337. The fourth-order valence-electron chi connectivity index (χ4n) is 4.99. The van der Waals surface area contributed by atoms with Crippen molar-refractivity contribution in [3.8, 4) is 22.6 Å². The molecule has 0 aromatic heterocycles. The van der Waals surface area contributed by atoms with Gasteiger partial charge in [-0.15, -0.1) is 0 Å². The summed E-state index contributed by atoms with van der Waals surface area (Å²) in [6, 6.07) is 10.2. The second kappa shape index (κ2) is 12.2. The van der Waals surface area contributed by atoms with Crippen molar-refractivity contribution in [1.82, 2.24) is 10.6 Å². The van der Waals surface area contributed by atoms with Crippen molar-refractivity contribution in [2.45, 2.75) is 71.5 Å². The Morgan fingerprint density at radius 1 is 0.973 bits per heavy atom. The first-order valence-electron chi connectivity index (χ1n) is 12.6. The predicted octanol–water partition coefficient (Wildman–Crippen LogP) is 4.82. The molecule has 0 unspecified atom stereocenters. The van der Waals surface area contributed by atoms with Crippen LogP contribution in [0.2, 0.25) is 0 Å². The average Bonchev–Trinajstić information content (AvgIpc) is 2.83. The maximum Gasteiger partial charge on any atom is 0.131 e. The Hall–Kier alpha value is -3.39. The van der Waals surface area contributed by atoms with Crippen molar-refractivity contribution < 1.29 is 13.9 Å². The number of nitrogens with two attached hydrogens (primary N) is 3. The molecule has 8 N–H and O–H groups in total. The van der Waals surface area contributed by atoms with Gasteiger partial charge in [-0.25, -0.2) is 4.39 Å². The molecule has 204 valence electrons. The number of halogens is 1. The third-order valence-electron chi connectivity index (χ3n) is 6.17. The molecule has 0 spiro atoms. The lowest BCUT2D eigenvalue weighted by Crippen LogP contribution is -2.61. The molecule has 1 heterocycles. The number of ether oxygens (including phenoxy) is 2. The summed E-state index contributed by atoms with van der Waals surface area (Å²) in [7, 11) is 3.09. The zero-order valence-electron chi connectivity index (χ0n) is 23.5. The number of benzene rings is 2. The van der Waals surface area contributed by atoms with Crippen LogP contribution in [0.3, 0.4) is 0 Å². The van der Waals surface area contributed by atoms with Crippen LogP contribution in [-0.2, 0) is 0 Å². The second-order valence-corrected chi connectivity index (χ2v) is 10.4. The fraction of sp³-hybridized carbons (Fsp3) is 0.448. The monoisotopic (exact) mass is 513 g/mol. The van der Waals surface area contributed by atoms with Gasteiger partial charge in [0.25, 0.3) is 0 Å². The average molecular weight is 514 g/mol. The molecule has 1 aliphatic rings. The first kappa shape index (κ1) is 29.8. The predicted molar refractivity (Wildman–Crippen MR) is 151 cm³/mol. The van der Waals surface area contributed by atoms with Crippen LogP contribution in [0.1, 0.15) is 59.9 Å². The van der Waals surface area contributed by atoms with Crippen molar-refractivity contribution in [3.05, 3.63) is 65.4 Å². The lowest BCUT2D eigenvalue weighted by molar-refractivity contribution is 0.151. The van der Waals surface area contributed by atoms with Gasteiger partial charge in [-0.3, -0.25) is 0 Å². The van der Waals surface area contributed by atoms with Crippen LogP contribution < -0.4 is 37.3 Å². The van der Waals surface area contributed by atoms with E-state index in [1.807, 2.05) is 13.8 Å². The lowest BCUT2D eigenvalue weighted by Gasteiger charge is -2.47. The van der Waals surface area contributed by atoms with Gasteiger partial charge in [-0.1, -0.05) is 26.0 Å². The molecular weight excluding hydrogens is 469 g/mol. The van der Waals surface area contributed by atoms with Gasteiger partial charge in [0, 0.05) is 33.9 Å².